The van der Waals surface area contributed by atoms with Crippen LogP contribution in [0.25, 0.3) is 0 Å². The number of rotatable bonds is 5. The van der Waals surface area contributed by atoms with E-state index < -0.39 is 4.92 Å². The number of aliphatic hydroxyl groups excluding tert-OH is 1. The van der Waals surface area contributed by atoms with E-state index in [1.807, 2.05) is 0 Å². The number of aryl methyl sites for hydroxylation is 1. The molecule has 0 bridgehead atoms. The Morgan fingerprint density at radius 1 is 1.53 bits per heavy atom. The lowest BCUT2D eigenvalue weighted by molar-refractivity contribution is -0.385. The normalized spacial score (nSPS) is 10.4. The number of tetrazole rings is 1. The Morgan fingerprint density at radius 3 is 2.89 bits per heavy atom. The monoisotopic (exact) mass is 265 g/mol. The molecule has 0 saturated heterocycles. The number of nitrogens with zero attached hydrogens (tertiary/aromatic N) is 5. The van der Waals surface area contributed by atoms with Gasteiger partial charge in [-0.1, -0.05) is 0 Å². The Labute approximate surface area is 107 Å². The number of nitro benzene ring substituents is 1. The van der Waals surface area contributed by atoms with Crippen LogP contribution in [0.5, 0.6) is 5.75 Å². The second-order valence-electron chi connectivity index (χ2n) is 3.69. The Hall–Kier alpha value is -2.55. The highest BCUT2D eigenvalue weighted by Crippen LogP contribution is 2.24. The Morgan fingerprint density at radius 2 is 2.32 bits per heavy atom. The van der Waals surface area contributed by atoms with E-state index in [0.717, 1.165) is 0 Å². The van der Waals surface area contributed by atoms with Gasteiger partial charge in [0.1, 0.15) is 5.75 Å². The van der Waals surface area contributed by atoms with Crippen LogP contribution in [0.1, 0.15) is 11.4 Å². The highest BCUT2D eigenvalue weighted by molar-refractivity contribution is 5.43. The summed E-state index contributed by atoms with van der Waals surface area (Å²) in [6.07, 6.45) is 0. The highest BCUT2D eigenvalue weighted by Gasteiger charge is 2.12. The number of non-ortho nitro benzene ring substituents is 1. The largest absolute Gasteiger partial charge is 0.485 e. The first-order chi connectivity index (χ1) is 9.10. The van der Waals surface area contributed by atoms with Gasteiger partial charge >= 0.3 is 0 Å². The van der Waals surface area contributed by atoms with Crippen LogP contribution in [0.15, 0.2) is 18.2 Å². The Balaban J connectivity index is 2.13. The quantitative estimate of drug-likeness (QED) is 0.605. The third-order valence-electron chi connectivity index (χ3n) is 2.33. The third kappa shape index (κ3) is 3.01. The second kappa shape index (κ2) is 5.40. The summed E-state index contributed by atoms with van der Waals surface area (Å²) < 4.78 is 5.40. The number of aromatic nitrogens is 4. The fourth-order valence-corrected chi connectivity index (χ4v) is 1.47. The molecule has 9 nitrogen and oxygen atoms in total. The molecule has 0 aliphatic heterocycles. The molecule has 2 rings (SSSR count). The van der Waals surface area contributed by atoms with E-state index in [0.29, 0.717) is 17.1 Å². The lowest BCUT2D eigenvalue weighted by Gasteiger charge is -2.07. The lowest BCUT2D eigenvalue weighted by atomic mass is 10.2. The molecule has 0 saturated carbocycles. The lowest BCUT2D eigenvalue weighted by Crippen LogP contribution is -2.02. The molecule has 100 valence electrons. The molecule has 0 radical (unpaired) electrons. The van der Waals surface area contributed by atoms with Crippen molar-refractivity contribution in [1.82, 2.24) is 20.2 Å². The van der Waals surface area contributed by atoms with Gasteiger partial charge in [-0.05, 0) is 11.3 Å². The fraction of sp³-hybridized carbons (Fsp3) is 0.300. The van der Waals surface area contributed by atoms with Crippen LogP contribution in [0.4, 0.5) is 5.69 Å². The van der Waals surface area contributed by atoms with Crippen LogP contribution in [-0.2, 0) is 20.3 Å². The molecule has 1 heterocycles. The maximum Gasteiger partial charge on any atom is 0.270 e. The average Bonchev–Trinajstić information content (AvgIpc) is 2.81. The zero-order valence-electron chi connectivity index (χ0n) is 10.1. The van der Waals surface area contributed by atoms with E-state index in [2.05, 4.69) is 15.4 Å². The molecule has 0 aliphatic carbocycles. The maximum atomic E-state index is 10.6. The van der Waals surface area contributed by atoms with Crippen molar-refractivity contribution in [3.63, 3.8) is 0 Å². The molecule has 1 N–H and O–H groups in total. The standard InChI is InChI=1S/C10H11N5O4/c1-14-12-10(11-13-14)6-19-9-3-2-8(15(17)18)4-7(9)5-16/h2-4,16H,5-6H2,1H3. The van der Waals surface area contributed by atoms with Crippen molar-refractivity contribution in [3.05, 3.63) is 39.7 Å². The first-order valence-electron chi connectivity index (χ1n) is 5.34. The molecule has 0 spiro atoms. The van der Waals surface area contributed by atoms with Gasteiger partial charge in [0.2, 0.25) is 5.82 Å². The number of hydrogen-bond acceptors (Lipinski definition) is 7. The summed E-state index contributed by atoms with van der Waals surface area (Å²) >= 11 is 0. The van der Waals surface area contributed by atoms with Crippen molar-refractivity contribution in [2.75, 3.05) is 0 Å². The molecular weight excluding hydrogens is 254 g/mol. The summed E-state index contributed by atoms with van der Waals surface area (Å²) in [7, 11) is 1.63. The van der Waals surface area contributed by atoms with Crippen LogP contribution in [0.3, 0.4) is 0 Å². The topological polar surface area (TPSA) is 116 Å². The van der Waals surface area contributed by atoms with Gasteiger partial charge in [0, 0.05) is 17.7 Å². The number of nitro groups is 1. The predicted octanol–water partition coefficient (Wildman–Crippen LogP) is 0.190. The summed E-state index contributed by atoms with van der Waals surface area (Å²) in [5.41, 5.74) is 0.229. The number of benzene rings is 1. The van der Waals surface area contributed by atoms with Gasteiger partial charge in [0.25, 0.3) is 5.69 Å². The van der Waals surface area contributed by atoms with Crippen LogP contribution in [-0.4, -0.2) is 30.2 Å². The average molecular weight is 265 g/mol. The van der Waals surface area contributed by atoms with Gasteiger partial charge in [-0.2, -0.15) is 4.80 Å². The summed E-state index contributed by atoms with van der Waals surface area (Å²) in [4.78, 5) is 11.4. The van der Waals surface area contributed by atoms with E-state index >= 15 is 0 Å². The predicted molar refractivity (Wildman–Crippen MR) is 62.1 cm³/mol. The summed E-state index contributed by atoms with van der Waals surface area (Å²) in [6, 6.07) is 4.00. The van der Waals surface area contributed by atoms with E-state index in [4.69, 9.17) is 4.74 Å². The zero-order valence-corrected chi connectivity index (χ0v) is 10.1. The van der Waals surface area contributed by atoms with Crippen molar-refractivity contribution in [1.29, 1.82) is 0 Å². The van der Waals surface area contributed by atoms with E-state index in [1.165, 1.54) is 23.0 Å². The third-order valence-corrected chi connectivity index (χ3v) is 2.33. The molecule has 1 aromatic carbocycles. The summed E-state index contributed by atoms with van der Waals surface area (Å²) in [5, 5.41) is 31.1. The van der Waals surface area contributed by atoms with E-state index in [-0.39, 0.29) is 18.9 Å². The molecule has 0 aliphatic rings. The van der Waals surface area contributed by atoms with Crippen molar-refractivity contribution < 1.29 is 14.8 Å². The van der Waals surface area contributed by atoms with Crippen LogP contribution in [0, 0.1) is 10.1 Å². The van der Waals surface area contributed by atoms with Gasteiger partial charge in [-0.25, -0.2) is 0 Å². The minimum atomic E-state index is -0.535. The first kappa shape index (κ1) is 12.9. The fourth-order valence-electron chi connectivity index (χ4n) is 1.47. The molecule has 0 atom stereocenters. The van der Waals surface area contributed by atoms with Crippen molar-refractivity contribution >= 4 is 5.69 Å². The van der Waals surface area contributed by atoms with Gasteiger partial charge in [-0.15, -0.1) is 10.2 Å². The van der Waals surface area contributed by atoms with Crippen molar-refractivity contribution in [2.45, 2.75) is 13.2 Å². The smallest absolute Gasteiger partial charge is 0.270 e. The zero-order chi connectivity index (χ0) is 13.8. The molecular formula is C10H11N5O4. The Bertz CT molecular complexity index is 597. The van der Waals surface area contributed by atoms with Gasteiger partial charge < -0.3 is 9.84 Å². The second-order valence-corrected chi connectivity index (χ2v) is 3.69. The molecule has 9 heteroatoms. The van der Waals surface area contributed by atoms with Gasteiger partial charge in [-0.3, -0.25) is 10.1 Å². The maximum absolute atomic E-state index is 10.6. The van der Waals surface area contributed by atoms with Crippen molar-refractivity contribution in [2.24, 2.45) is 7.05 Å². The molecule has 19 heavy (non-hydrogen) atoms. The SMILES string of the molecule is Cn1nnc(COc2ccc([N+](=O)[O-])cc2CO)n1. The van der Waals surface area contributed by atoms with Crippen LogP contribution < -0.4 is 4.74 Å². The van der Waals surface area contributed by atoms with Gasteiger partial charge in [0.15, 0.2) is 6.61 Å². The Kier molecular flexibility index (Phi) is 3.66. The minimum Gasteiger partial charge on any atom is -0.485 e. The molecule has 2 aromatic rings. The molecule has 0 unspecified atom stereocenters. The molecule has 1 aromatic heterocycles. The molecule has 0 fully saturated rings. The summed E-state index contributed by atoms with van der Waals surface area (Å²) in [5.74, 6) is 0.727. The van der Waals surface area contributed by atoms with Gasteiger partial charge in [0.05, 0.1) is 18.6 Å². The van der Waals surface area contributed by atoms with Crippen LogP contribution in [0.2, 0.25) is 0 Å². The van der Waals surface area contributed by atoms with E-state index in [9.17, 15) is 15.2 Å². The minimum absolute atomic E-state index is 0.0681. The van der Waals surface area contributed by atoms with Crippen LogP contribution >= 0.6 is 0 Å². The number of aliphatic hydroxyl groups is 1. The number of ether oxygens (including phenoxy) is 1. The summed E-state index contributed by atoms with van der Waals surface area (Å²) in [6.45, 7) is -0.288. The number of hydrogen-bond donors (Lipinski definition) is 1. The van der Waals surface area contributed by atoms with Crippen molar-refractivity contribution in [3.8, 4) is 5.75 Å². The highest BCUT2D eigenvalue weighted by atomic mass is 16.6. The molecule has 0 amide bonds. The van der Waals surface area contributed by atoms with E-state index in [1.54, 1.807) is 7.05 Å². The first-order valence-corrected chi connectivity index (χ1v) is 5.34.